The second-order valence-electron chi connectivity index (χ2n) is 10.0. The second kappa shape index (κ2) is 13.7. The van der Waals surface area contributed by atoms with Crippen molar-refractivity contribution in [3.8, 4) is 6.07 Å². The van der Waals surface area contributed by atoms with Crippen LogP contribution in [0.5, 0.6) is 0 Å². The molecule has 4 heterocycles. The maximum absolute atomic E-state index is 12.0. The minimum absolute atomic E-state index is 0.197. The minimum Gasteiger partial charge on any atom is -0.480 e. The lowest BCUT2D eigenvalue weighted by Crippen LogP contribution is -2.37. The van der Waals surface area contributed by atoms with Crippen molar-refractivity contribution >= 4 is 17.7 Å². The molecule has 11 heteroatoms. The van der Waals surface area contributed by atoms with Crippen LogP contribution >= 0.6 is 0 Å². The Balaban J connectivity index is 1.33. The van der Waals surface area contributed by atoms with Gasteiger partial charge in [0.15, 0.2) is 0 Å². The number of anilines is 2. The van der Waals surface area contributed by atoms with E-state index < -0.39 is 12.0 Å². The standard InChI is InChI=1S/C28H37N9O2/c1-20-16-21(2)37(35-20)15-14-36(12-4-3-7-24-9-8-23-6-5-11-30-26(23)33-24)13-10-25(27(38)39)34-28-31-18-22(17-29)19-32-28/h8-9,16,18-19,25H,3-7,10-15H2,1-2H3,(H,30,33)(H,38,39)(H,31,32,34)/t25-/m0/s1. The van der Waals surface area contributed by atoms with E-state index in [1.807, 2.05) is 24.6 Å². The van der Waals surface area contributed by atoms with Gasteiger partial charge in [-0.05, 0) is 76.6 Å². The fourth-order valence-corrected chi connectivity index (χ4v) is 4.81. The number of carboxylic acid groups (broad SMARTS) is 1. The maximum atomic E-state index is 12.0. The summed E-state index contributed by atoms with van der Waals surface area (Å²) in [7, 11) is 0. The summed E-state index contributed by atoms with van der Waals surface area (Å²) >= 11 is 0. The van der Waals surface area contributed by atoms with Crippen LogP contribution in [-0.2, 0) is 24.2 Å². The number of rotatable bonds is 14. The monoisotopic (exact) mass is 531 g/mol. The summed E-state index contributed by atoms with van der Waals surface area (Å²) in [6.07, 6.45) is 8.27. The summed E-state index contributed by atoms with van der Waals surface area (Å²) in [6.45, 7) is 7.97. The molecule has 0 unspecified atom stereocenters. The van der Waals surface area contributed by atoms with Crippen molar-refractivity contribution in [1.29, 1.82) is 5.26 Å². The first-order valence-electron chi connectivity index (χ1n) is 13.6. The predicted molar refractivity (Wildman–Crippen MR) is 149 cm³/mol. The topological polar surface area (TPSA) is 145 Å². The molecule has 3 aromatic rings. The third-order valence-corrected chi connectivity index (χ3v) is 6.96. The molecular formula is C28H37N9O2. The van der Waals surface area contributed by atoms with E-state index in [1.54, 1.807) is 0 Å². The Morgan fingerprint density at radius 3 is 2.77 bits per heavy atom. The molecule has 0 bridgehead atoms. The summed E-state index contributed by atoms with van der Waals surface area (Å²) in [6, 6.07) is 7.51. The molecule has 0 aromatic carbocycles. The summed E-state index contributed by atoms with van der Waals surface area (Å²) in [5, 5.41) is 29.6. The largest absolute Gasteiger partial charge is 0.480 e. The molecule has 11 nitrogen and oxygen atoms in total. The van der Waals surface area contributed by atoms with Crippen molar-refractivity contribution in [2.45, 2.75) is 65.0 Å². The summed E-state index contributed by atoms with van der Waals surface area (Å²) in [5.74, 6) is 0.264. The Bertz CT molecular complexity index is 1280. The van der Waals surface area contributed by atoms with E-state index in [0.717, 1.165) is 81.2 Å². The molecule has 3 N–H and O–H groups in total. The molecule has 206 valence electrons. The highest BCUT2D eigenvalue weighted by Gasteiger charge is 2.20. The molecule has 4 rings (SSSR count). The van der Waals surface area contributed by atoms with E-state index in [-0.39, 0.29) is 5.95 Å². The Hall–Kier alpha value is -4.04. The predicted octanol–water partition coefficient (Wildman–Crippen LogP) is 3.20. The highest BCUT2D eigenvalue weighted by Crippen LogP contribution is 2.20. The van der Waals surface area contributed by atoms with E-state index in [2.05, 4.69) is 48.8 Å². The molecule has 3 aromatic heterocycles. The SMILES string of the molecule is Cc1cc(C)n(CCN(CCCCc2ccc3c(n2)NCCC3)CC[C@H](Nc2ncc(C#N)cn2)C(=O)O)n1. The Morgan fingerprint density at radius 1 is 1.23 bits per heavy atom. The number of aryl methyl sites for hydroxylation is 4. The first kappa shape index (κ1) is 28.0. The van der Waals surface area contributed by atoms with E-state index in [1.165, 1.54) is 18.0 Å². The molecule has 0 saturated heterocycles. The number of fused-ring (bicyclic) bond motifs is 1. The number of unbranched alkanes of at least 4 members (excludes halogenated alkanes) is 1. The zero-order valence-electron chi connectivity index (χ0n) is 22.7. The van der Waals surface area contributed by atoms with Crippen LogP contribution in [0, 0.1) is 25.2 Å². The molecular weight excluding hydrogens is 494 g/mol. The zero-order valence-corrected chi connectivity index (χ0v) is 22.7. The van der Waals surface area contributed by atoms with Crippen molar-refractivity contribution in [2.75, 3.05) is 36.8 Å². The average molecular weight is 532 g/mol. The van der Waals surface area contributed by atoms with Gasteiger partial charge in [-0.15, -0.1) is 0 Å². The van der Waals surface area contributed by atoms with Gasteiger partial charge >= 0.3 is 5.97 Å². The van der Waals surface area contributed by atoms with Crippen molar-refractivity contribution in [1.82, 2.24) is 29.6 Å². The van der Waals surface area contributed by atoms with Gasteiger partial charge in [0.25, 0.3) is 0 Å². The van der Waals surface area contributed by atoms with Gasteiger partial charge in [-0.2, -0.15) is 10.4 Å². The summed E-state index contributed by atoms with van der Waals surface area (Å²) in [5.41, 5.74) is 4.83. The smallest absolute Gasteiger partial charge is 0.326 e. The van der Waals surface area contributed by atoms with Crippen molar-refractivity contribution < 1.29 is 9.90 Å². The van der Waals surface area contributed by atoms with Crippen molar-refractivity contribution in [3.05, 3.63) is 58.8 Å². The summed E-state index contributed by atoms with van der Waals surface area (Å²) < 4.78 is 2.00. The van der Waals surface area contributed by atoms with Crippen molar-refractivity contribution in [3.63, 3.8) is 0 Å². The second-order valence-corrected chi connectivity index (χ2v) is 10.0. The molecule has 1 atom stereocenters. The van der Waals surface area contributed by atoms with Crippen LogP contribution in [0.1, 0.15) is 53.9 Å². The summed E-state index contributed by atoms with van der Waals surface area (Å²) in [4.78, 5) is 27.2. The lowest BCUT2D eigenvalue weighted by Gasteiger charge is -2.24. The van der Waals surface area contributed by atoms with Gasteiger partial charge in [0.05, 0.1) is 30.2 Å². The van der Waals surface area contributed by atoms with Crippen LogP contribution in [-0.4, -0.2) is 72.9 Å². The minimum atomic E-state index is -0.964. The van der Waals surface area contributed by atoms with E-state index in [0.29, 0.717) is 18.5 Å². The van der Waals surface area contributed by atoms with Crippen LogP contribution in [0.2, 0.25) is 0 Å². The average Bonchev–Trinajstić information content (AvgIpc) is 3.27. The quantitative estimate of drug-likeness (QED) is 0.265. The highest BCUT2D eigenvalue weighted by atomic mass is 16.4. The molecule has 0 saturated carbocycles. The zero-order chi connectivity index (χ0) is 27.6. The van der Waals surface area contributed by atoms with Gasteiger partial charge in [-0.3, -0.25) is 4.68 Å². The molecule has 0 amide bonds. The highest BCUT2D eigenvalue weighted by molar-refractivity contribution is 5.76. The number of aromatic nitrogens is 5. The lowest BCUT2D eigenvalue weighted by molar-refractivity contribution is -0.138. The van der Waals surface area contributed by atoms with Gasteiger partial charge in [-0.1, -0.05) is 6.07 Å². The van der Waals surface area contributed by atoms with Gasteiger partial charge in [-0.25, -0.2) is 19.7 Å². The van der Waals surface area contributed by atoms with E-state index in [4.69, 9.17) is 10.2 Å². The number of carbonyl (C=O) groups is 1. The number of pyridine rings is 1. The fraction of sp³-hybridized carbons (Fsp3) is 0.500. The van der Waals surface area contributed by atoms with Gasteiger partial charge in [0.2, 0.25) is 5.95 Å². The molecule has 1 aliphatic rings. The Labute approximate surface area is 229 Å². The third-order valence-electron chi connectivity index (χ3n) is 6.96. The molecule has 0 fully saturated rings. The first-order chi connectivity index (χ1) is 18.9. The third kappa shape index (κ3) is 8.22. The van der Waals surface area contributed by atoms with Gasteiger partial charge in [0, 0.05) is 31.0 Å². The Kier molecular flexibility index (Phi) is 9.80. The molecule has 39 heavy (non-hydrogen) atoms. The lowest BCUT2D eigenvalue weighted by atomic mass is 10.1. The normalized spacial score (nSPS) is 13.4. The van der Waals surface area contributed by atoms with E-state index >= 15 is 0 Å². The van der Waals surface area contributed by atoms with Crippen LogP contribution in [0.15, 0.2) is 30.6 Å². The van der Waals surface area contributed by atoms with Gasteiger partial charge in [0.1, 0.15) is 17.9 Å². The van der Waals surface area contributed by atoms with Crippen LogP contribution in [0.3, 0.4) is 0 Å². The van der Waals surface area contributed by atoms with Crippen LogP contribution < -0.4 is 10.6 Å². The number of nitrogens with one attached hydrogen (secondary N) is 2. The fourth-order valence-electron chi connectivity index (χ4n) is 4.81. The Morgan fingerprint density at radius 2 is 2.05 bits per heavy atom. The number of nitriles is 1. The van der Waals surface area contributed by atoms with E-state index in [9.17, 15) is 9.90 Å². The van der Waals surface area contributed by atoms with Gasteiger partial charge < -0.3 is 20.6 Å². The number of nitrogens with zero attached hydrogens (tertiary/aromatic N) is 7. The number of carboxylic acids is 1. The van der Waals surface area contributed by atoms with Crippen LogP contribution in [0.4, 0.5) is 11.8 Å². The molecule has 0 aliphatic carbocycles. The maximum Gasteiger partial charge on any atom is 0.326 e. The van der Waals surface area contributed by atoms with Crippen molar-refractivity contribution in [2.24, 2.45) is 0 Å². The van der Waals surface area contributed by atoms with Crippen LogP contribution in [0.25, 0.3) is 0 Å². The number of hydrogen-bond donors (Lipinski definition) is 3. The molecule has 0 spiro atoms. The number of hydrogen-bond acceptors (Lipinski definition) is 9. The molecule has 0 radical (unpaired) electrons. The first-order valence-corrected chi connectivity index (χ1v) is 13.6. The number of aliphatic carboxylic acids is 1. The molecule has 1 aliphatic heterocycles.